The van der Waals surface area contributed by atoms with Gasteiger partial charge in [0.2, 0.25) is 5.88 Å². The standard InChI is InChI=1S/C23H21Cl2FN4O2/c1-14-9-17(26)4-6-20(14)32-22-11-21(27-13-28-22)29-7-8-30(15(2)12-29)23(31)18-5-3-16(24)10-19(18)25/h3-6,9-11,13,15H,7-8,12H2,1-2H3/t15-/m1/s1. The third-order valence-corrected chi connectivity index (χ3v) is 5.90. The number of rotatable bonds is 4. The molecule has 1 aliphatic heterocycles. The van der Waals surface area contributed by atoms with E-state index in [1.165, 1.54) is 18.5 Å². The molecule has 0 N–H and O–H groups in total. The SMILES string of the molecule is Cc1cc(F)ccc1Oc1cc(N2CCN(C(=O)c3ccc(Cl)cc3Cl)[C@H](C)C2)ncn1. The number of piperazine rings is 1. The van der Waals surface area contributed by atoms with Crippen molar-refractivity contribution in [3.8, 4) is 11.6 Å². The summed E-state index contributed by atoms with van der Waals surface area (Å²) in [7, 11) is 0. The number of carbonyl (C=O) groups is 1. The smallest absolute Gasteiger partial charge is 0.255 e. The van der Waals surface area contributed by atoms with Gasteiger partial charge in [0.1, 0.15) is 23.7 Å². The van der Waals surface area contributed by atoms with Crippen molar-refractivity contribution in [2.75, 3.05) is 24.5 Å². The van der Waals surface area contributed by atoms with Gasteiger partial charge < -0.3 is 14.5 Å². The highest BCUT2D eigenvalue weighted by Crippen LogP contribution is 2.28. The number of aryl methyl sites for hydroxylation is 1. The van der Waals surface area contributed by atoms with Gasteiger partial charge in [-0.1, -0.05) is 23.2 Å². The highest BCUT2D eigenvalue weighted by molar-refractivity contribution is 6.36. The van der Waals surface area contributed by atoms with E-state index < -0.39 is 0 Å². The molecule has 0 unspecified atom stereocenters. The Labute approximate surface area is 195 Å². The van der Waals surface area contributed by atoms with Crippen LogP contribution in [0.3, 0.4) is 0 Å². The van der Waals surface area contributed by atoms with Crippen LogP contribution in [0.2, 0.25) is 10.0 Å². The van der Waals surface area contributed by atoms with Crippen molar-refractivity contribution in [3.63, 3.8) is 0 Å². The van der Waals surface area contributed by atoms with Crippen molar-refractivity contribution in [3.05, 3.63) is 75.8 Å². The lowest BCUT2D eigenvalue weighted by Crippen LogP contribution is -2.54. The fourth-order valence-corrected chi connectivity index (χ4v) is 4.17. The Morgan fingerprint density at radius 1 is 1.12 bits per heavy atom. The van der Waals surface area contributed by atoms with Gasteiger partial charge in [-0.3, -0.25) is 4.79 Å². The molecule has 6 nitrogen and oxygen atoms in total. The fourth-order valence-electron chi connectivity index (χ4n) is 3.68. The molecule has 166 valence electrons. The maximum Gasteiger partial charge on any atom is 0.255 e. The van der Waals surface area contributed by atoms with E-state index in [0.717, 1.165) is 0 Å². The topological polar surface area (TPSA) is 58.6 Å². The number of hydrogen-bond acceptors (Lipinski definition) is 5. The summed E-state index contributed by atoms with van der Waals surface area (Å²) < 4.78 is 19.2. The van der Waals surface area contributed by atoms with Crippen LogP contribution in [0, 0.1) is 12.7 Å². The molecular weight excluding hydrogens is 454 g/mol. The van der Waals surface area contributed by atoms with Crippen molar-refractivity contribution in [1.82, 2.24) is 14.9 Å². The predicted octanol–water partition coefficient (Wildman–Crippen LogP) is 5.37. The van der Waals surface area contributed by atoms with Crippen LogP contribution in [-0.2, 0) is 0 Å². The molecule has 2 aromatic carbocycles. The maximum atomic E-state index is 13.3. The minimum atomic E-state index is -0.320. The van der Waals surface area contributed by atoms with Crippen molar-refractivity contribution in [2.45, 2.75) is 19.9 Å². The van der Waals surface area contributed by atoms with Gasteiger partial charge in [0.25, 0.3) is 5.91 Å². The summed E-state index contributed by atoms with van der Waals surface area (Å²) in [6, 6.07) is 10.9. The molecule has 0 spiro atoms. The molecular formula is C23H21Cl2FN4O2. The second-order valence-corrected chi connectivity index (χ2v) is 8.49. The zero-order chi connectivity index (χ0) is 22.8. The second-order valence-electron chi connectivity index (χ2n) is 7.64. The van der Waals surface area contributed by atoms with E-state index in [9.17, 15) is 9.18 Å². The van der Waals surface area contributed by atoms with Gasteiger partial charge in [-0.2, -0.15) is 0 Å². The summed E-state index contributed by atoms with van der Waals surface area (Å²) in [5, 5.41) is 0.827. The van der Waals surface area contributed by atoms with Crippen molar-refractivity contribution in [1.29, 1.82) is 0 Å². The van der Waals surface area contributed by atoms with Crippen molar-refractivity contribution >= 4 is 34.9 Å². The molecule has 9 heteroatoms. The number of amides is 1. The minimum Gasteiger partial charge on any atom is -0.439 e. The first-order valence-electron chi connectivity index (χ1n) is 10.1. The first-order valence-corrected chi connectivity index (χ1v) is 10.8. The van der Waals surface area contributed by atoms with E-state index in [1.54, 1.807) is 42.2 Å². The lowest BCUT2D eigenvalue weighted by Gasteiger charge is -2.40. The Balaban J connectivity index is 1.46. The summed E-state index contributed by atoms with van der Waals surface area (Å²) in [5.41, 5.74) is 1.11. The van der Waals surface area contributed by atoms with Gasteiger partial charge in [0, 0.05) is 36.8 Å². The highest BCUT2D eigenvalue weighted by atomic mass is 35.5. The first-order chi connectivity index (χ1) is 15.3. The lowest BCUT2D eigenvalue weighted by molar-refractivity contribution is 0.0674. The van der Waals surface area contributed by atoms with Gasteiger partial charge in [0.05, 0.1) is 10.6 Å². The van der Waals surface area contributed by atoms with E-state index >= 15 is 0 Å². The monoisotopic (exact) mass is 474 g/mol. The largest absolute Gasteiger partial charge is 0.439 e. The summed E-state index contributed by atoms with van der Waals surface area (Å²) in [4.78, 5) is 25.4. The third-order valence-electron chi connectivity index (χ3n) is 5.35. The summed E-state index contributed by atoms with van der Waals surface area (Å²) >= 11 is 12.2. The molecule has 0 radical (unpaired) electrons. The first kappa shape index (κ1) is 22.3. The van der Waals surface area contributed by atoms with E-state index in [1.807, 2.05) is 6.92 Å². The minimum absolute atomic E-state index is 0.0679. The average molecular weight is 475 g/mol. The predicted molar refractivity (Wildman–Crippen MR) is 122 cm³/mol. The highest BCUT2D eigenvalue weighted by Gasteiger charge is 2.30. The number of ether oxygens (including phenoxy) is 1. The zero-order valence-corrected chi connectivity index (χ0v) is 19.1. The molecule has 0 bridgehead atoms. The maximum absolute atomic E-state index is 13.3. The van der Waals surface area contributed by atoms with Crippen LogP contribution in [-0.4, -0.2) is 46.5 Å². The number of nitrogens with zero attached hydrogens (tertiary/aromatic N) is 4. The summed E-state index contributed by atoms with van der Waals surface area (Å²) in [6.45, 7) is 5.44. The molecule has 4 rings (SSSR count). The zero-order valence-electron chi connectivity index (χ0n) is 17.6. The van der Waals surface area contributed by atoms with Gasteiger partial charge in [-0.05, 0) is 55.8 Å². The Bertz CT molecular complexity index is 1160. The molecule has 1 aromatic heterocycles. The summed E-state index contributed by atoms with van der Waals surface area (Å²) in [5.74, 6) is 1.14. The number of aromatic nitrogens is 2. The van der Waals surface area contributed by atoms with E-state index in [-0.39, 0.29) is 17.8 Å². The molecule has 1 aliphatic rings. The van der Waals surface area contributed by atoms with Crippen LogP contribution in [0.25, 0.3) is 0 Å². The van der Waals surface area contributed by atoms with Gasteiger partial charge in [-0.15, -0.1) is 0 Å². The normalized spacial score (nSPS) is 16.2. The molecule has 32 heavy (non-hydrogen) atoms. The Morgan fingerprint density at radius 3 is 2.66 bits per heavy atom. The molecule has 0 aliphatic carbocycles. The van der Waals surface area contributed by atoms with Crippen LogP contribution >= 0.6 is 23.2 Å². The molecule has 0 saturated carbocycles. The third kappa shape index (κ3) is 4.79. The van der Waals surface area contributed by atoms with Crippen LogP contribution < -0.4 is 9.64 Å². The Kier molecular flexibility index (Phi) is 6.48. The summed E-state index contributed by atoms with van der Waals surface area (Å²) in [6.07, 6.45) is 1.43. The number of benzene rings is 2. The Morgan fingerprint density at radius 2 is 1.94 bits per heavy atom. The molecule has 1 atom stereocenters. The molecule has 3 aromatic rings. The molecule has 1 amide bonds. The van der Waals surface area contributed by atoms with Crippen molar-refractivity contribution in [2.24, 2.45) is 0 Å². The molecule has 2 heterocycles. The number of halogens is 3. The number of hydrogen-bond donors (Lipinski definition) is 0. The van der Waals surface area contributed by atoms with Gasteiger partial charge in [0.15, 0.2) is 0 Å². The van der Waals surface area contributed by atoms with Gasteiger partial charge in [-0.25, -0.2) is 14.4 Å². The Hall–Kier alpha value is -2.90. The lowest BCUT2D eigenvalue weighted by atomic mass is 10.1. The number of anilines is 1. The molecule has 1 fully saturated rings. The quantitative estimate of drug-likeness (QED) is 0.508. The van der Waals surface area contributed by atoms with Crippen LogP contribution in [0.5, 0.6) is 11.6 Å². The van der Waals surface area contributed by atoms with E-state index in [4.69, 9.17) is 27.9 Å². The second kappa shape index (κ2) is 9.30. The van der Waals surface area contributed by atoms with Crippen LogP contribution in [0.1, 0.15) is 22.8 Å². The number of carbonyl (C=O) groups excluding carboxylic acids is 1. The van der Waals surface area contributed by atoms with Crippen LogP contribution in [0.15, 0.2) is 48.8 Å². The van der Waals surface area contributed by atoms with Crippen molar-refractivity contribution < 1.29 is 13.9 Å². The average Bonchev–Trinajstić information content (AvgIpc) is 2.75. The molecule has 1 saturated heterocycles. The van der Waals surface area contributed by atoms with E-state index in [2.05, 4.69) is 14.9 Å². The van der Waals surface area contributed by atoms with Crippen LogP contribution in [0.4, 0.5) is 10.2 Å². The van der Waals surface area contributed by atoms with E-state index in [0.29, 0.717) is 58.3 Å². The fraction of sp³-hybridized carbons (Fsp3) is 0.261. The van der Waals surface area contributed by atoms with Gasteiger partial charge >= 0.3 is 0 Å².